The zero-order valence-corrected chi connectivity index (χ0v) is 14.8. The van der Waals surface area contributed by atoms with Gasteiger partial charge in [0.05, 0.1) is 16.7 Å². The van der Waals surface area contributed by atoms with Gasteiger partial charge in [-0.2, -0.15) is 0 Å². The van der Waals surface area contributed by atoms with Gasteiger partial charge in [-0.1, -0.05) is 12.1 Å². The van der Waals surface area contributed by atoms with E-state index in [0.29, 0.717) is 17.3 Å². The third kappa shape index (κ3) is 4.20. The molecule has 0 spiro atoms. The van der Waals surface area contributed by atoms with Crippen LogP contribution in [0.3, 0.4) is 0 Å². The SMILES string of the molecule is O=C(CN1C(=O)S/C(=C\c2ccc(F)cc2)C1=O)N[C@@H]1C=CS(=O)(=O)C1. The summed E-state index contributed by atoms with van der Waals surface area (Å²) >= 11 is 0.680. The van der Waals surface area contributed by atoms with E-state index in [9.17, 15) is 27.2 Å². The summed E-state index contributed by atoms with van der Waals surface area (Å²) in [6, 6.07) is 4.70. The number of imide groups is 1. The van der Waals surface area contributed by atoms with Crippen LogP contribution in [0.4, 0.5) is 9.18 Å². The Bertz CT molecular complexity index is 938. The molecule has 7 nitrogen and oxygen atoms in total. The number of carbonyl (C=O) groups excluding carboxylic acids is 3. The Hall–Kier alpha value is -2.46. The minimum Gasteiger partial charge on any atom is -0.347 e. The van der Waals surface area contributed by atoms with Gasteiger partial charge in [0.2, 0.25) is 5.91 Å². The van der Waals surface area contributed by atoms with Gasteiger partial charge in [0.15, 0.2) is 9.84 Å². The van der Waals surface area contributed by atoms with Gasteiger partial charge in [0, 0.05) is 5.41 Å². The molecule has 1 atom stereocenters. The van der Waals surface area contributed by atoms with E-state index in [4.69, 9.17) is 0 Å². The molecule has 0 radical (unpaired) electrons. The molecule has 0 bridgehead atoms. The van der Waals surface area contributed by atoms with E-state index in [0.717, 1.165) is 10.3 Å². The highest BCUT2D eigenvalue weighted by Crippen LogP contribution is 2.32. The van der Waals surface area contributed by atoms with Crippen LogP contribution in [0.2, 0.25) is 0 Å². The van der Waals surface area contributed by atoms with Crippen LogP contribution in [-0.4, -0.2) is 48.7 Å². The molecule has 0 aromatic heterocycles. The second-order valence-corrected chi connectivity index (χ2v) is 8.58. The van der Waals surface area contributed by atoms with E-state index >= 15 is 0 Å². The number of nitrogens with zero attached hydrogens (tertiary/aromatic N) is 1. The van der Waals surface area contributed by atoms with Crippen molar-refractivity contribution in [1.82, 2.24) is 10.2 Å². The quantitative estimate of drug-likeness (QED) is 0.770. The van der Waals surface area contributed by atoms with Crippen LogP contribution >= 0.6 is 11.8 Å². The first-order valence-electron chi connectivity index (χ1n) is 7.45. The van der Waals surface area contributed by atoms with E-state index < -0.39 is 45.3 Å². The minimum absolute atomic E-state index is 0.123. The third-order valence-electron chi connectivity index (χ3n) is 3.62. The molecule has 2 heterocycles. The number of thioether (sulfide) groups is 1. The van der Waals surface area contributed by atoms with Crippen molar-refractivity contribution in [3.63, 3.8) is 0 Å². The van der Waals surface area contributed by atoms with Gasteiger partial charge in [0.25, 0.3) is 11.1 Å². The van der Waals surface area contributed by atoms with Crippen molar-refractivity contribution in [2.24, 2.45) is 0 Å². The first-order valence-corrected chi connectivity index (χ1v) is 9.98. The maximum absolute atomic E-state index is 12.9. The maximum atomic E-state index is 12.9. The molecule has 0 unspecified atom stereocenters. The zero-order chi connectivity index (χ0) is 18.9. The molecule has 1 N–H and O–H groups in total. The van der Waals surface area contributed by atoms with Gasteiger partial charge in [-0.25, -0.2) is 12.8 Å². The lowest BCUT2D eigenvalue weighted by atomic mass is 10.2. The summed E-state index contributed by atoms with van der Waals surface area (Å²) in [5.74, 6) is -1.93. The fourth-order valence-electron chi connectivity index (χ4n) is 2.41. The van der Waals surface area contributed by atoms with Crippen molar-refractivity contribution in [2.75, 3.05) is 12.3 Å². The Morgan fingerprint density at radius 1 is 1.31 bits per heavy atom. The Labute approximate surface area is 152 Å². The highest BCUT2D eigenvalue weighted by atomic mass is 32.2. The van der Waals surface area contributed by atoms with Crippen LogP contribution in [0.5, 0.6) is 0 Å². The molecule has 3 rings (SSSR count). The van der Waals surface area contributed by atoms with E-state index in [-0.39, 0.29) is 10.7 Å². The molecule has 0 aliphatic carbocycles. The summed E-state index contributed by atoms with van der Waals surface area (Å²) in [6.07, 6.45) is 2.78. The summed E-state index contributed by atoms with van der Waals surface area (Å²) in [5.41, 5.74) is 0.544. The number of halogens is 1. The number of sulfone groups is 1. The first kappa shape index (κ1) is 18.3. The lowest BCUT2D eigenvalue weighted by Gasteiger charge is -2.14. The van der Waals surface area contributed by atoms with Crippen molar-refractivity contribution in [3.05, 3.63) is 52.0 Å². The Morgan fingerprint density at radius 3 is 2.62 bits per heavy atom. The molecule has 1 aromatic rings. The smallest absolute Gasteiger partial charge is 0.294 e. The van der Waals surface area contributed by atoms with E-state index in [2.05, 4.69) is 5.32 Å². The lowest BCUT2D eigenvalue weighted by molar-refractivity contribution is -0.129. The number of nitrogens with one attached hydrogen (secondary N) is 1. The summed E-state index contributed by atoms with van der Waals surface area (Å²) in [4.78, 5) is 37.2. The highest BCUT2D eigenvalue weighted by Gasteiger charge is 2.36. The second-order valence-electron chi connectivity index (χ2n) is 5.65. The fraction of sp³-hybridized carbons (Fsp3) is 0.188. The van der Waals surface area contributed by atoms with Crippen molar-refractivity contribution in [3.8, 4) is 0 Å². The van der Waals surface area contributed by atoms with Gasteiger partial charge in [-0.3, -0.25) is 19.3 Å². The van der Waals surface area contributed by atoms with Crippen LogP contribution in [0.25, 0.3) is 6.08 Å². The monoisotopic (exact) mass is 396 g/mol. The van der Waals surface area contributed by atoms with Crippen LogP contribution in [0, 0.1) is 5.82 Å². The molecular weight excluding hydrogens is 383 g/mol. The number of rotatable bonds is 4. The minimum atomic E-state index is -3.32. The second kappa shape index (κ2) is 7.04. The molecular formula is C16H13FN2O5S2. The number of hydrogen-bond donors (Lipinski definition) is 1. The van der Waals surface area contributed by atoms with E-state index in [1.165, 1.54) is 36.4 Å². The van der Waals surface area contributed by atoms with Crippen molar-refractivity contribution < 1.29 is 27.2 Å². The van der Waals surface area contributed by atoms with E-state index in [1.807, 2.05) is 0 Å². The Morgan fingerprint density at radius 2 is 2.00 bits per heavy atom. The molecule has 136 valence electrons. The van der Waals surface area contributed by atoms with E-state index in [1.54, 1.807) is 0 Å². The predicted octanol–water partition coefficient (Wildman–Crippen LogP) is 1.29. The van der Waals surface area contributed by atoms with Crippen molar-refractivity contribution in [2.45, 2.75) is 6.04 Å². The highest BCUT2D eigenvalue weighted by molar-refractivity contribution is 8.18. The number of hydrogen-bond acceptors (Lipinski definition) is 6. The first-order chi connectivity index (χ1) is 12.2. The van der Waals surface area contributed by atoms with Gasteiger partial charge in [0.1, 0.15) is 12.4 Å². The predicted molar refractivity (Wildman–Crippen MR) is 93.9 cm³/mol. The molecule has 3 amide bonds. The average Bonchev–Trinajstić information content (AvgIpc) is 3.03. The molecule has 10 heteroatoms. The largest absolute Gasteiger partial charge is 0.347 e. The Balaban J connectivity index is 1.64. The molecule has 2 aliphatic heterocycles. The van der Waals surface area contributed by atoms with Gasteiger partial charge >= 0.3 is 0 Å². The van der Waals surface area contributed by atoms with Crippen molar-refractivity contribution >= 4 is 44.7 Å². The van der Waals surface area contributed by atoms with Crippen LogP contribution in [0.1, 0.15) is 5.56 Å². The van der Waals surface area contributed by atoms with Gasteiger partial charge in [-0.05, 0) is 41.6 Å². The molecule has 1 saturated heterocycles. The topological polar surface area (TPSA) is 101 Å². The summed E-state index contributed by atoms with van der Waals surface area (Å²) in [7, 11) is -3.32. The van der Waals surface area contributed by atoms with Crippen LogP contribution in [-0.2, 0) is 19.4 Å². The van der Waals surface area contributed by atoms with Crippen LogP contribution in [0.15, 0.2) is 40.7 Å². The maximum Gasteiger partial charge on any atom is 0.294 e. The standard InChI is InChI=1S/C16H13FN2O5S2/c17-11-3-1-10(2-4-11)7-13-15(21)19(16(22)25-13)8-14(20)18-12-5-6-26(23,24)9-12/h1-7,12H,8-9H2,(H,18,20)/b13-7-/t12-/m1/s1. The third-order valence-corrected chi connectivity index (χ3v) is 5.92. The molecule has 0 saturated carbocycles. The number of benzene rings is 1. The Kier molecular flexibility index (Phi) is 4.97. The fourth-order valence-corrected chi connectivity index (χ4v) is 4.48. The molecule has 2 aliphatic rings. The zero-order valence-electron chi connectivity index (χ0n) is 13.2. The summed E-state index contributed by atoms with van der Waals surface area (Å²) < 4.78 is 35.6. The van der Waals surface area contributed by atoms with Gasteiger partial charge < -0.3 is 5.32 Å². The molecule has 1 aromatic carbocycles. The van der Waals surface area contributed by atoms with Crippen molar-refractivity contribution in [1.29, 1.82) is 0 Å². The van der Waals surface area contributed by atoms with Crippen LogP contribution < -0.4 is 5.32 Å². The van der Waals surface area contributed by atoms with Gasteiger partial charge in [-0.15, -0.1) is 0 Å². The normalized spacial score (nSPS) is 23.0. The average molecular weight is 396 g/mol. The lowest BCUT2D eigenvalue weighted by Crippen LogP contribution is -2.43. The summed E-state index contributed by atoms with van der Waals surface area (Å²) in [5, 5.41) is 2.87. The number of carbonyl (C=O) groups is 3. The number of amides is 3. The molecule has 26 heavy (non-hydrogen) atoms. The summed E-state index contributed by atoms with van der Waals surface area (Å²) in [6.45, 7) is -0.504. The molecule has 1 fully saturated rings.